The number of imidazole rings is 1. The maximum absolute atomic E-state index is 5.29. The van der Waals surface area contributed by atoms with Gasteiger partial charge in [0, 0.05) is 22.4 Å². The van der Waals surface area contributed by atoms with Crippen LogP contribution in [0.2, 0.25) is 0 Å². The lowest BCUT2D eigenvalue weighted by Crippen LogP contribution is -2.22. The van der Waals surface area contributed by atoms with Gasteiger partial charge in [-0.25, -0.2) is 9.97 Å². The molecule has 2 aromatic carbocycles. The molecule has 5 heteroatoms. The molecule has 0 saturated carbocycles. The smallest absolute Gasteiger partial charge is 0.146 e. The molecule has 0 fully saturated rings. The van der Waals surface area contributed by atoms with E-state index in [1.807, 2.05) is 36.4 Å². The first kappa shape index (κ1) is 20.7. The lowest BCUT2D eigenvalue weighted by molar-refractivity contribution is 0.598. The number of para-hydroxylation sites is 2. The number of nitrogens with zero attached hydrogens (tertiary/aromatic N) is 5. The summed E-state index contributed by atoms with van der Waals surface area (Å²) in [6.07, 6.45) is 1.80. The van der Waals surface area contributed by atoms with Crippen molar-refractivity contribution >= 4 is 38.5 Å². The van der Waals surface area contributed by atoms with Gasteiger partial charge >= 0.3 is 0 Å². The zero-order chi connectivity index (χ0) is 24.3. The molecule has 0 radical (unpaired) electrons. The van der Waals surface area contributed by atoms with Crippen LogP contribution in [-0.4, -0.2) is 24.3 Å². The molecule has 5 aromatic heterocycles. The maximum atomic E-state index is 5.29. The third kappa shape index (κ3) is 3.02. The molecule has 0 saturated heterocycles. The highest BCUT2D eigenvalue weighted by Gasteiger charge is 2.28. The second-order valence-corrected chi connectivity index (χ2v) is 9.62. The fourth-order valence-electron chi connectivity index (χ4n) is 5.08. The van der Waals surface area contributed by atoms with Crippen molar-refractivity contribution in [3.63, 3.8) is 0 Å². The molecule has 172 valence electrons. The van der Waals surface area contributed by atoms with Crippen molar-refractivity contribution in [1.29, 1.82) is 0 Å². The zero-order valence-electron chi connectivity index (χ0n) is 20.1. The minimum Gasteiger partial charge on any atom is -0.290 e. The standard InChI is InChI=1S/C31H23N5/c1-31(2,27-16-9-14-23(33-27)22-12-7-8-19-32-22)28-18-17-26-29(35-28)20-10-3-4-11-21(20)30-34-24-13-5-6-15-25(24)36(26)30/h3-19H,1-2H3. The number of hydrogen-bond acceptors (Lipinski definition) is 4. The van der Waals surface area contributed by atoms with Gasteiger partial charge in [-0.1, -0.05) is 48.5 Å². The topological polar surface area (TPSA) is 56.0 Å². The molecule has 7 rings (SSSR count). The van der Waals surface area contributed by atoms with Gasteiger partial charge in [0.2, 0.25) is 0 Å². The quantitative estimate of drug-likeness (QED) is 0.264. The highest BCUT2D eigenvalue weighted by atomic mass is 15.0. The van der Waals surface area contributed by atoms with Gasteiger partial charge in [0.15, 0.2) is 0 Å². The largest absolute Gasteiger partial charge is 0.290 e. The summed E-state index contributed by atoms with van der Waals surface area (Å²) < 4.78 is 2.23. The Morgan fingerprint density at radius 1 is 0.583 bits per heavy atom. The molecule has 0 atom stereocenters. The Kier molecular flexibility index (Phi) is 4.42. The van der Waals surface area contributed by atoms with E-state index in [0.29, 0.717) is 0 Å². The van der Waals surface area contributed by atoms with Gasteiger partial charge in [0.05, 0.1) is 44.8 Å². The fraction of sp³-hybridized carbons (Fsp3) is 0.0968. The van der Waals surface area contributed by atoms with Crippen molar-refractivity contribution in [3.8, 4) is 11.4 Å². The molecule has 0 aliphatic carbocycles. The van der Waals surface area contributed by atoms with Crippen molar-refractivity contribution in [2.45, 2.75) is 19.3 Å². The fourth-order valence-corrected chi connectivity index (χ4v) is 5.08. The van der Waals surface area contributed by atoms with E-state index >= 15 is 0 Å². The molecular formula is C31H23N5. The minimum absolute atomic E-state index is 0.411. The first-order valence-electron chi connectivity index (χ1n) is 12.1. The van der Waals surface area contributed by atoms with E-state index in [2.05, 4.69) is 83.9 Å². The van der Waals surface area contributed by atoms with Crippen molar-refractivity contribution in [3.05, 3.63) is 115 Å². The third-order valence-corrected chi connectivity index (χ3v) is 7.06. The monoisotopic (exact) mass is 465 g/mol. The van der Waals surface area contributed by atoms with Crippen molar-refractivity contribution in [2.24, 2.45) is 0 Å². The molecule has 0 N–H and O–H groups in total. The summed E-state index contributed by atoms with van der Waals surface area (Å²) >= 11 is 0. The lowest BCUT2D eigenvalue weighted by Gasteiger charge is -2.25. The van der Waals surface area contributed by atoms with E-state index in [0.717, 1.165) is 61.3 Å². The summed E-state index contributed by atoms with van der Waals surface area (Å²) in [4.78, 5) is 19.7. The normalized spacial score (nSPS) is 12.2. The average molecular weight is 466 g/mol. The zero-order valence-corrected chi connectivity index (χ0v) is 20.1. The van der Waals surface area contributed by atoms with Crippen LogP contribution in [0.4, 0.5) is 0 Å². The maximum Gasteiger partial charge on any atom is 0.146 e. The summed E-state index contributed by atoms with van der Waals surface area (Å²) in [5.74, 6) is 0. The van der Waals surface area contributed by atoms with Gasteiger partial charge in [-0.15, -0.1) is 0 Å². The Morgan fingerprint density at radius 2 is 1.33 bits per heavy atom. The Bertz CT molecular complexity index is 1920. The number of rotatable bonds is 3. The lowest BCUT2D eigenvalue weighted by atomic mass is 9.84. The number of aromatic nitrogens is 5. The molecule has 0 spiro atoms. The van der Waals surface area contributed by atoms with E-state index in [9.17, 15) is 0 Å². The van der Waals surface area contributed by atoms with Crippen LogP contribution < -0.4 is 0 Å². The molecule has 5 heterocycles. The molecule has 0 amide bonds. The highest BCUT2D eigenvalue weighted by Crippen LogP contribution is 2.35. The summed E-state index contributed by atoms with van der Waals surface area (Å²) in [6, 6.07) is 33.0. The Morgan fingerprint density at radius 3 is 2.19 bits per heavy atom. The molecular weight excluding hydrogens is 442 g/mol. The number of pyridine rings is 4. The van der Waals surface area contributed by atoms with Crippen LogP contribution in [0.5, 0.6) is 0 Å². The van der Waals surface area contributed by atoms with Gasteiger partial charge in [-0.05, 0) is 62.4 Å². The van der Waals surface area contributed by atoms with Gasteiger partial charge in [-0.3, -0.25) is 14.4 Å². The van der Waals surface area contributed by atoms with E-state index in [4.69, 9.17) is 15.0 Å². The Labute approximate surface area is 208 Å². The van der Waals surface area contributed by atoms with Crippen LogP contribution in [0, 0.1) is 0 Å². The van der Waals surface area contributed by atoms with Crippen LogP contribution in [0.15, 0.2) is 103 Å². The Hall–Kier alpha value is -4.64. The number of benzene rings is 2. The van der Waals surface area contributed by atoms with Gasteiger partial charge in [-0.2, -0.15) is 0 Å². The molecule has 7 aromatic rings. The van der Waals surface area contributed by atoms with Gasteiger partial charge in [0.25, 0.3) is 0 Å². The van der Waals surface area contributed by atoms with Gasteiger partial charge in [0.1, 0.15) is 5.65 Å². The molecule has 5 nitrogen and oxygen atoms in total. The van der Waals surface area contributed by atoms with Crippen molar-refractivity contribution in [2.75, 3.05) is 0 Å². The second kappa shape index (κ2) is 7.68. The molecule has 0 unspecified atom stereocenters. The van der Waals surface area contributed by atoms with Crippen LogP contribution in [0.25, 0.3) is 49.9 Å². The van der Waals surface area contributed by atoms with Crippen LogP contribution in [0.3, 0.4) is 0 Å². The predicted octanol–water partition coefficient (Wildman–Crippen LogP) is 6.97. The Balaban J connectivity index is 1.48. The number of fused-ring (bicyclic) bond motifs is 8. The summed E-state index contributed by atoms with van der Waals surface area (Å²) in [5.41, 5.74) is 8.27. The second-order valence-electron chi connectivity index (χ2n) is 9.62. The first-order valence-corrected chi connectivity index (χ1v) is 12.1. The van der Waals surface area contributed by atoms with E-state index in [1.165, 1.54) is 0 Å². The molecule has 0 aliphatic heterocycles. The van der Waals surface area contributed by atoms with E-state index in [1.54, 1.807) is 6.20 Å². The van der Waals surface area contributed by atoms with Gasteiger partial charge < -0.3 is 0 Å². The average Bonchev–Trinajstić information content (AvgIpc) is 3.34. The minimum atomic E-state index is -0.411. The SMILES string of the molecule is CC(C)(c1cccc(-c2ccccn2)n1)c1ccc2c(n1)c1ccccc1c1nc3ccccc3n21. The number of hydrogen-bond donors (Lipinski definition) is 0. The van der Waals surface area contributed by atoms with Crippen molar-refractivity contribution < 1.29 is 0 Å². The molecule has 0 bridgehead atoms. The van der Waals surface area contributed by atoms with Crippen LogP contribution in [0.1, 0.15) is 25.2 Å². The molecule has 36 heavy (non-hydrogen) atoms. The molecule has 0 aliphatic rings. The van der Waals surface area contributed by atoms with Crippen molar-refractivity contribution in [1.82, 2.24) is 24.3 Å². The van der Waals surface area contributed by atoms with Crippen LogP contribution >= 0.6 is 0 Å². The highest BCUT2D eigenvalue weighted by molar-refractivity contribution is 6.12. The summed E-state index contributed by atoms with van der Waals surface area (Å²) in [7, 11) is 0. The third-order valence-electron chi connectivity index (χ3n) is 7.06. The van der Waals surface area contributed by atoms with Crippen LogP contribution in [-0.2, 0) is 5.41 Å². The summed E-state index contributed by atoms with van der Waals surface area (Å²) in [6.45, 7) is 4.36. The predicted molar refractivity (Wildman–Crippen MR) is 145 cm³/mol. The summed E-state index contributed by atoms with van der Waals surface area (Å²) in [5, 5.41) is 2.20. The van der Waals surface area contributed by atoms with E-state index < -0.39 is 5.41 Å². The van der Waals surface area contributed by atoms with E-state index in [-0.39, 0.29) is 0 Å². The first-order chi connectivity index (χ1) is 17.6.